The van der Waals surface area contributed by atoms with Gasteiger partial charge in [-0.2, -0.15) is 0 Å². The van der Waals surface area contributed by atoms with E-state index >= 15 is 0 Å². The van der Waals surface area contributed by atoms with Crippen LogP contribution >= 0.6 is 0 Å². The highest BCUT2D eigenvalue weighted by Gasteiger charge is 2.71. The van der Waals surface area contributed by atoms with E-state index in [1.807, 2.05) is 0 Å². The molecule has 0 amide bonds. The van der Waals surface area contributed by atoms with Crippen LogP contribution in [0.2, 0.25) is 0 Å². The third-order valence-electron chi connectivity index (χ3n) is 3.62. The molecular formula is C7H10. The minimum absolute atomic E-state index is 1.03. The third kappa shape index (κ3) is 0.154. The van der Waals surface area contributed by atoms with Crippen molar-refractivity contribution in [2.24, 2.45) is 17.3 Å². The molecule has 0 radical (unpaired) electrons. The van der Waals surface area contributed by atoms with Gasteiger partial charge in [-0.3, -0.25) is 0 Å². The minimum atomic E-state index is 1.03. The van der Waals surface area contributed by atoms with Gasteiger partial charge in [0.05, 0.1) is 0 Å². The lowest BCUT2D eigenvalue weighted by atomic mass is 9.59. The third-order valence-corrected chi connectivity index (χ3v) is 3.62. The Hall–Kier alpha value is 0. The van der Waals surface area contributed by atoms with Crippen molar-refractivity contribution in [1.29, 1.82) is 0 Å². The van der Waals surface area contributed by atoms with Crippen LogP contribution < -0.4 is 0 Å². The Bertz CT molecular complexity index is 122. The zero-order valence-corrected chi connectivity index (χ0v) is 4.48. The molecule has 3 saturated carbocycles. The maximum absolute atomic E-state index is 1.62. The summed E-state index contributed by atoms with van der Waals surface area (Å²) in [4.78, 5) is 0. The molecule has 3 rings (SSSR count). The number of hydrogen-bond acceptors (Lipinski definition) is 0. The van der Waals surface area contributed by atoms with Crippen molar-refractivity contribution in [2.45, 2.75) is 25.7 Å². The van der Waals surface area contributed by atoms with Crippen LogP contribution in [0.4, 0.5) is 0 Å². The summed E-state index contributed by atoms with van der Waals surface area (Å²) >= 11 is 0. The Morgan fingerprint density at radius 1 is 1.29 bits per heavy atom. The first-order valence-electron chi connectivity index (χ1n) is 3.42. The van der Waals surface area contributed by atoms with Gasteiger partial charge in [0.15, 0.2) is 0 Å². The van der Waals surface area contributed by atoms with Gasteiger partial charge in [-0.25, -0.2) is 0 Å². The van der Waals surface area contributed by atoms with Crippen LogP contribution in [0.5, 0.6) is 0 Å². The summed E-state index contributed by atoms with van der Waals surface area (Å²) in [5, 5.41) is 0. The molecule has 3 fully saturated rings. The molecule has 0 aromatic carbocycles. The van der Waals surface area contributed by atoms with E-state index in [1.54, 1.807) is 25.7 Å². The van der Waals surface area contributed by atoms with Crippen molar-refractivity contribution in [3.8, 4) is 0 Å². The van der Waals surface area contributed by atoms with Gasteiger partial charge in [0.25, 0.3) is 0 Å². The van der Waals surface area contributed by atoms with E-state index in [4.69, 9.17) is 0 Å². The maximum Gasteiger partial charge on any atom is -0.0238 e. The Morgan fingerprint density at radius 2 is 2.29 bits per heavy atom. The van der Waals surface area contributed by atoms with Gasteiger partial charge in [0.1, 0.15) is 0 Å². The molecule has 3 atom stereocenters. The molecule has 0 N–H and O–H groups in total. The summed E-state index contributed by atoms with van der Waals surface area (Å²) < 4.78 is 0. The van der Waals surface area contributed by atoms with Crippen LogP contribution in [0.25, 0.3) is 0 Å². The minimum Gasteiger partial charge on any atom is -0.0493 e. The van der Waals surface area contributed by atoms with Crippen LogP contribution in [0.15, 0.2) is 0 Å². The molecule has 0 aliphatic heterocycles. The maximum atomic E-state index is 1.62. The molecular weight excluding hydrogens is 84.1 g/mol. The first kappa shape index (κ1) is 3.11. The summed E-state index contributed by atoms with van der Waals surface area (Å²) in [5.41, 5.74) is 1.03. The quantitative estimate of drug-likeness (QED) is 0.429. The predicted octanol–water partition coefficient (Wildman–Crippen LogP) is 1.81. The normalized spacial score (nSPS) is 72.0. The van der Waals surface area contributed by atoms with Crippen LogP contribution in [-0.4, -0.2) is 0 Å². The van der Waals surface area contributed by atoms with Gasteiger partial charge in [0, 0.05) is 0 Å². The summed E-state index contributed by atoms with van der Waals surface area (Å²) in [6.07, 6.45) is 6.41. The van der Waals surface area contributed by atoms with E-state index < -0.39 is 0 Å². The Labute approximate surface area is 43.9 Å². The highest BCUT2D eigenvalue weighted by molar-refractivity contribution is 5.21. The van der Waals surface area contributed by atoms with Gasteiger partial charge in [-0.15, -0.1) is 0 Å². The molecule has 0 aromatic heterocycles. The van der Waals surface area contributed by atoms with Gasteiger partial charge in [-0.05, 0) is 42.9 Å². The van der Waals surface area contributed by atoms with Gasteiger partial charge in [-0.1, -0.05) is 0 Å². The Kier molecular flexibility index (Phi) is 0.260. The predicted molar refractivity (Wildman–Crippen MR) is 27.9 cm³/mol. The van der Waals surface area contributed by atoms with E-state index in [0.717, 1.165) is 5.41 Å². The fourth-order valence-electron chi connectivity index (χ4n) is 2.78. The molecule has 0 heterocycles. The summed E-state index contributed by atoms with van der Waals surface area (Å²) in [6, 6.07) is 0. The molecule has 3 aliphatic rings. The highest BCUT2D eigenvalue weighted by atomic mass is 14.8. The Balaban J connectivity index is 2.06. The average Bonchev–Trinajstić information content (AvgIpc) is 2.32. The second-order valence-electron chi connectivity index (χ2n) is 3.61. The smallest absolute Gasteiger partial charge is 0.0238 e. The molecule has 1 spiro atoms. The topological polar surface area (TPSA) is 0 Å². The largest absolute Gasteiger partial charge is 0.0493 e. The van der Waals surface area contributed by atoms with Crippen molar-refractivity contribution < 1.29 is 0 Å². The van der Waals surface area contributed by atoms with Crippen LogP contribution in [0, 0.1) is 17.3 Å². The average molecular weight is 94.2 g/mol. The molecule has 38 valence electrons. The van der Waals surface area contributed by atoms with E-state index in [-0.39, 0.29) is 0 Å². The lowest BCUT2D eigenvalue weighted by molar-refractivity contribution is 0.0340. The van der Waals surface area contributed by atoms with Crippen molar-refractivity contribution >= 4 is 0 Å². The molecule has 0 heteroatoms. The second kappa shape index (κ2) is 0.586. The Morgan fingerprint density at radius 3 is 2.29 bits per heavy atom. The van der Waals surface area contributed by atoms with Gasteiger partial charge < -0.3 is 0 Å². The standard InChI is InChI=1S/C7H10/c1-2-7-4-6(7)3-5(1)7/h5-6H,1-4H2. The number of rotatable bonds is 0. The van der Waals surface area contributed by atoms with E-state index in [1.165, 1.54) is 11.8 Å². The fraction of sp³-hybridized carbons (Fsp3) is 1.00. The van der Waals surface area contributed by atoms with Crippen LogP contribution in [0.3, 0.4) is 0 Å². The van der Waals surface area contributed by atoms with Crippen molar-refractivity contribution in [2.75, 3.05) is 0 Å². The van der Waals surface area contributed by atoms with Crippen molar-refractivity contribution in [3.05, 3.63) is 0 Å². The SMILES string of the molecule is C1CC23CC2CC13. The zero-order valence-electron chi connectivity index (χ0n) is 4.48. The lowest BCUT2D eigenvalue weighted by Gasteiger charge is -2.46. The lowest BCUT2D eigenvalue weighted by Crippen LogP contribution is -2.37. The molecule has 7 heavy (non-hydrogen) atoms. The van der Waals surface area contributed by atoms with Crippen molar-refractivity contribution in [1.82, 2.24) is 0 Å². The molecule has 3 aliphatic carbocycles. The fourth-order valence-corrected chi connectivity index (χ4v) is 2.78. The van der Waals surface area contributed by atoms with E-state index in [9.17, 15) is 0 Å². The molecule has 3 unspecified atom stereocenters. The van der Waals surface area contributed by atoms with Crippen LogP contribution in [0.1, 0.15) is 25.7 Å². The van der Waals surface area contributed by atoms with Gasteiger partial charge >= 0.3 is 0 Å². The second-order valence-corrected chi connectivity index (χ2v) is 3.61. The molecule has 0 aromatic rings. The monoisotopic (exact) mass is 94.1 g/mol. The molecule has 0 nitrogen and oxygen atoms in total. The highest BCUT2D eigenvalue weighted by Crippen LogP contribution is 2.80. The summed E-state index contributed by atoms with van der Waals surface area (Å²) in [6.45, 7) is 0. The zero-order chi connectivity index (χ0) is 4.48. The van der Waals surface area contributed by atoms with Crippen LogP contribution in [-0.2, 0) is 0 Å². The van der Waals surface area contributed by atoms with E-state index in [0.29, 0.717) is 0 Å². The summed E-state index contributed by atoms with van der Waals surface area (Å²) in [5.74, 6) is 2.48. The first-order valence-corrected chi connectivity index (χ1v) is 3.42. The molecule has 0 saturated heterocycles. The van der Waals surface area contributed by atoms with Gasteiger partial charge in [0.2, 0.25) is 0 Å². The summed E-state index contributed by atoms with van der Waals surface area (Å²) in [7, 11) is 0. The van der Waals surface area contributed by atoms with E-state index in [2.05, 4.69) is 0 Å². The van der Waals surface area contributed by atoms with Crippen molar-refractivity contribution in [3.63, 3.8) is 0 Å². The first-order chi connectivity index (χ1) is 3.42. The number of hydrogen-bond donors (Lipinski definition) is 0. The molecule has 0 bridgehead atoms.